The number of ether oxygens (including phenoxy) is 1. The second-order valence-electron chi connectivity index (χ2n) is 7.24. The predicted octanol–water partition coefficient (Wildman–Crippen LogP) is 3.70. The minimum absolute atomic E-state index is 0.0612. The lowest BCUT2D eigenvalue weighted by Gasteiger charge is -2.39. The highest BCUT2D eigenvalue weighted by atomic mass is 19.1. The van der Waals surface area contributed by atoms with Crippen molar-refractivity contribution in [1.29, 1.82) is 5.41 Å². The first-order chi connectivity index (χ1) is 9.77. The van der Waals surface area contributed by atoms with Gasteiger partial charge in [0.05, 0.1) is 5.56 Å². The average Bonchev–Trinajstić information content (AvgIpc) is 2.71. The number of fused-ring (bicyclic) bond motifs is 2. The molecular weight excluding hydrogens is 267 g/mol. The molecule has 0 spiro atoms. The summed E-state index contributed by atoms with van der Waals surface area (Å²) >= 11 is 0. The molecule has 3 atom stereocenters. The van der Waals surface area contributed by atoms with Gasteiger partial charge in [-0.1, -0.05) is 26.8 Å². The molecule has 2 bridgehead atoms. The maximum atomic E-state index is 13.9. The molecule has 2 aliphatic carbocycles. The maximum Gasteiger partial charge on any atom is 0.137 e. The molecule has 0 aliphatic heterocycles. The van der Waals surface area contributed by atoms with Gasteiger partial charge in [-0.25, -0.2) is 4.39 Å². The first-order valence-corrected chi connectivity index (χ1v) is 7.57. The molecule has 3 nitrogen and oxygen atoms in total. The summed E-state index contributed by atoms with van der Waals surface area (Å²) in [4.78, 5) is 0. The zero-order valence-corrected chi connectivity index (χ0v) is 12.9. The van der Waals surface area contributed by atoms with Crippen LogP contribution in [0.1, 0.15) is 45.6 Å². The number of hydrogen-bond donors (Lipinski definition) is 2. The van der Waals surface area contributed by atoms with Crippen LogP contribution in [0, 0.1) is 28.0 Å². The van der Waals surface area contributed by atoms with Crippen LogP contribution in [0.4, 0.5) is 4.39 Å². The fourth-order valence-corrected chi connectivity index (χ4v) is 4.33. The number of hydrogen-bond acceptors (Lipinski definition) is 2. The highest BCUT2D eigenvalue weighted by molar-refractivity contribution is 5.97. The first kappa shape index (κ1) is 14.4. The van der Waals surface area contributed by atoms with E-state index in [9.17, 15) is 4.39 Å². The lowest BCUT2D eigenvalue weighted by Crippen LogP contribution is -2.39. The lowest BCUT2D eigenvalue weighted by molar-refractivity contribution is 0.0299. The van der Waals surface area contributed by atoms with Gasteiger partial charge in [-0.05, 0) is 42.7 Å². The van der Waals surface area contributed by atoms with Gasteiger partial charge >= 0.3 is 0 Å². The van der Waals surface area contributed by atoms with E-state index >= 15 is 0 Å². The van der Waals surface area contributed by atoms with Gasteiger partial charge in [0.1, 0.15) is 23.5 Å². The predicted molar refractivity (Wildman–Crippen MR) is 81.1 cm³/mol. The zero-order valence-electron chi connectivity index (χ0n) is 12.9. The number of nitrogen functional groups attached to an aromatic ring is 1. The third kappa shape index (κ3) is 1.88. The van der Waals surface area contributed by atoms with Gasteiger partial charge < -0.3 is 10.5 Å². The maximum absolute atomic E-state index is 13.9. The summed E-state index contributed by atoms with van der Waals surface area (Å²) in [6, 6.07) is 4.63. The van der Waals surface area contributed by atoms with Crippen LogP contribution in [0.25, 0.3) is 0 Å². The monoisotopic (exact) mass is 290 g/mol. The van der Waals surface area contributed by atoms with E-state index in [2.05, 4.69) is 20.8 Å². The summed E-state index contributed by atoms with van der Waals surface area (Å²) in [5.41, 5.74) is 5.93. The summed E-state index contributed by atoms with van der Waals surface area (Å²) in [6.45, 7) is 6.90. The van der Waals surface area contributed by atoms with Gasteiger partial charge in [-0.3, -0.25) is 5.41 Å². The summed E-state index contributed by atoms with van der Waals surface area (Å²) in [5, 5.41) is 7.58. The molecule has 3 unspecified atom stereocenters. The van der Waals surface area contributed by atoms with Crippen molar-refractivity contribution in [3.63, 3.8) is 0 Å². The molecule has 3 N–H and O–H groups in total. The molecule has 1 aromatic carbocycles. The van der Waals surface area contributed by atoms with Crippen LogP contribution in [0.3, 0.4) is 0 Å². The van der Waals surface area contributed by atoms with Crippen LogP contribution in [0.15, 0.2) is 18.2 Å². The average molecular weight is 290 g/mol. The number of nitrogens with two attached hydrogens (primary N) is 1. The smallest absolute Gasteiger partial charge is 0.137 e. The van der Waals surface area contributed by atoms with Crippen molar-refractivity contribution in [2.24, 2.45) is 22.5 Å². The molecule has 1 aromatic rings. The third-order valence-corrected chi connectivity index (χ3v) is 6.23. The number of halogens is 1. The Balaban J connectivity index is 1.93. The molecule has 2 saturated carbocycles. The van der Waals surface area contributed by atoms with E-state index in [1.54, 1.807) is 12.1 Å². The molecule has 0 aromatic heterocycles. The molecule has 21 heavy (non-hydrogen) atoms. The minimum Gasteiger partial charge on any atom is -0.489 e. The van der Waals surface area contributed by atoms with Crippen LogP contribution in [0.2, 0.25) is 0 Å². The number of rotatable bonds is 3. The van der Waals surface area contributed by atoms with E-state index < -0.39 is 5.82 Å². The van der Waals surface area contributed by atoms with Crippen LogP contribution in [0.5, 0.6) is 5.75 Å². The van der Waals surface area contributed by atoms with E-state index in [0.29, 0.717) is 11.7 Å². The number of nitrogens with one attached hydrogen (secondary N) is 1. The van der Waals surface area contributed by atoms with Crippen LogP contribution >= 0.6 is 0 Å². The van der Waals surface area contributed by atoms with Crippen molar-refractivity contribution >= 4 is 5.84 Å². The highest BCUT2D eigenvalue weighted by Crippen LogP contribution is 2.66. The Morgan fingerprint density at radius 1 is 1.38 bits per heavy atom. The zero-order chi connectivity index (χ0) is 15.4. The Kier molecular flexibility index (Phi) is 3.05. The normalized spacial score (nSPS) is 33.1. The van der Waals surface area contributed by atoms with Gasteiger partial charge in [0.15, 0.2) is 0 Å². The Hall–Kier alpha value is -1.58. The second-order valence-corrected chi connectivity index (χ2v) is 7.24. The molecule has 2 aliphatic rings. The standard InChI is InChI=1S/C17H23FN2O/c1-16(2)10-7-8-17(16,3)13(9-10)21-12-6-4-5-11(18)14(12)15(19)20/h4-6,10,13H,7-9H2,1-3H3,(H3,19,20). The van der Waals surface area contributed by atoms with Crippen LogP contribution in [-0.2, 0) is 0 Å². The van der Waals surface area contributed by atoms with Crippen molar-refractivity contribution in [1.82, 2.24) is 0 Å². The fourth-order valence-electron chi connectivity index (χ4n) is 4.33. The van der Waals surface area contributed by atoms with Crippen LogP contribution < -0.4 is 10.5 Å². The van der Waals surface area contributed by atoms with Gasteiger partial charge in [0.2, 0.25) is 0 Å². The third-order valence-electron chi connectivity index (χ3n) is 6.23. The van der Waals surface area contributed by atoms with E-state index in [4.69, 9.17) is 15.9 Å². The van der Waals surface area contributed by atoms with Gasteiger partial charge in [-0.15, -0.1) is 0 Å². The summed E-state index contributed by atoms with van der Waals surface area (Å²) < 4.78 is 20.1. The molecule has 3 rings (SSSR count). The van der Waals surface area contributed by atoms with E-state index in [1.165, 1.54) is 12.5 Å². The van der Waals surface area contributed by atoms with Crippen molar-refractivity contribution < 1.29 is 9.13 Å². The molecule has 4 heteroatoms. The molecule has 0 radical (unpaired) electrons. The summed E-state index contributed by atoms with van der Waals surface area (Å²) in [7, 11) is 0. The number of benzene rings is 1. The van der Waals surface area contributed by atoms with Crippen molar-refractivity contribution in [2.75, 3.05) is 0 Å². The molecule has 0 heterocycles. The molecule has 114 valence electrons. The van der Waals surface area contributed by atoms with E-state index in [1.807, 2.05) is 0 Å². The highest BCUT2D eigenvalue weighted by Gasteiger charge is 2.62. The largest absolute Gasteiger partial charge is 0.489 e. The quantitative estimate of drug-likeness (QED) is 0.658. The molecular formula is C17H23FN2O. The SMILES string of the molecule is CC1(C)C2CCC1(C)C(Oc1cccc(F)c1C(=N)N)C2. The Morgan fingerprint density at radius 2 is 2.10 bits per heavy atom. The van der Waals surface area contributed by atoms with Crippen LogP contribution in [-0.4, -0.2) is 11.9 Å². The van der Waals surface area contributed by atoms with E-state index in [-0.39, 0.29) is 28.3 Å². The minimum atomic E-state index is -0.493. The topological polar surface area (TPSA) is 59.1 Å². The Morgan fingerprint density at radius 3 is 2.62 bits per heavy atom. The number of amidine groups is 1. The first-order valence-electron chi connectivity index (χ1n) is 7.57. The van der Waals surface area contributed by atoms with Crippen molar-refractivity contribution in [3.8, 4) is 5.75 Å². The lowest BCUT2D eigenvalue weighted by atomic mass is 9.70. The van der Waals surface area contributed by atoms with Gasteiger partial charge in [0, 0.05) is 5.41 Å². The Labute approximate surface area is 125 Å². The molecule has 0 amide bonds. The van der Waals surface area contributed by atoms with E-state index in [0.717, 1.165) is 12.8 Å². The fraction of sp³-hybridized carbons (Fsp3) is 0.588. The second kappa shape index (κ2) is 4.46. The van der Waals surface area contributed by atoms with Crippen molar-refractivity contribution in [3.05, 3.63) is 29.6 Å². The molecule has 0 saturated heterocycles. The van der Waals surface area contributed by atoms with Gasteiger partial charge in [0.25, 0.3) is 0 Å². The van der Waals surface area contributed by atoms with Gasteiger partial charge in [-0.2, -0.15) is 0 Å². The Bertz CT molecular complexity index is 598. The van der Waals surface area contributed by atoms with Crippen molar-refractivity contribution in [2.45, 2.75) is 46.1 Å². The molecule has 2 fully saturated rings. The summed E-state index contributed by atoms with van der Waals surface area (Å²) in [5.74, 6) is 0.280. The summed E-state index contributed by atoms with van der Waals surface area (Å²) in [6.07, 6.45) is 3.44.